The molecule has 0 spiro atoms. The quantitative estimate of drug-likeness (QED) is 0.102. The second kappa shape index (κ2) is 27.4. The van der Waals surface area contributed by atoms with Gasteiger partial charge in [-0.1, -0.05) is 291 Å². The van der Waals surface area contributed by atoms with Gasteiger partial charge in [0, 0.05) is 82.6 Å². The summed E-state index contributed by atoms with van der Waals surface area (Å²) in [5, 5.41) is 14.3. The number of aromatic nitrogens is 3. The summed E-state index contributed by atoms with van der Waals surface area (Å²) in [5.41, 5.74) is 26.4. The van der Waals surface area contributed by atoms with Gasteiger partial charge in [-0.25, -0.2) is 0 Å². The van der Waals surface area contributed by atoms with Crippen LogP contribution in [0.1, 0.15) is 0 Å². The van der Waals surface area contributed by atoms with Crippen LogP contribution in [-0.2, 0) is 0 Å². The maximum absolute atomic E-state index is 2.48. The lowest BCUT2D eigenvalue weighted by atomic mass is 10.0. The van der Waals surface area contributed by atoms with Crippen molar-refractivity contribution in [1.82, 2.24) is 13.7 Å². The molecule has 0 amide bonds. The number of rotatable bonds is 15. The molecule has 6 heteroatoms. The topological polar surface area (TPSA) is 24.5 Å². The molecule has 3 aromatic heterocycles. The fraction of sp³-hybridized carbons (Fsp3) is 0. The summed E-state index contributed by atoms with van der Waals surface area (Å²) in [7, 11) is 0. The number of benzene rings is 19. The summed E-state index contributed by atoms with van der Waals surface area (Å²) in [6.45, 7) is 0. The van der Waals surface area contributed by atoms with E-state index in [9.17, 15) is 0 Å². The molecular formula is C108H72N6. The maximum Gasteiger partial charge on any atom is 0.0541 e. The second-order valence-electron chi connectivity index (χ2n) is 29.6. The van der Waals surface area contributed by atoms with E-state index in [0.29, 0.717) is 0 Å². The molecule has 114 heavy (non-hydrogen) atoms. The highest BCUT2D eigenvalue weighted by molar-refractivity contribution is 6.12. The van der Waals surface area contributed by atoms with Gasteiger partial charge in [-0.05, 0) is 195 Å². The molecule has 19 aromatic carbocycles. The van der Waals surface area contributed by atoms with Crippen LogP contribution in [0.5, 0.6) is 0 Å². The van der Waals surface area contributed by atoms with Crippen LogP contribution in [0.4, 0.5) is 51.2 Å². The summed E-state index contributed by atoms with van der Waals surface area (Å²) < 4.78 is 7.16. The zero-order valence-corrected chi connectivity index (χ0v) is 62.3. The van der Waals surface area contributed by atoms with Crippen LogP contribution in [0, 0.1) is 0 Å². The van der Waals surface area contributed by atoms with Gasteiger partial charge in [-0.2, -0.15) is 0 Å². The van der Waals surface area contributed by atoms with Crippen molar-refractivity contribution in [2.45, 2.75) is 0 Å². The van der Waals surface area contributed by atoms with E-state index in [-0.39, 0.29) is 0 Å². The Hall–Kier alpha value is -15.2. The molecule has 0 bridgehead atoms. The molecule has 0 aliphatic heterocycles. The number of fused-ring (bicyclic) bond motifs is 12. The van der Waals surface area contributed by atoms with Crippen molar-refractivity contribution in [3.63, 3.8) is 0 Å². The third-order valence-corrected chi connectivity index (χ3v) is 23.2. The summed E-state index contributed by atoms with van der Waals surface area (Å²) in [6, 6.07) is 161. The van der Waals surface area contributed by atoms with E-state index < -0.39 is 0 Å². The monoisotopic (exact) mass is 1450 g/mol. The third kappa shape index (κ3) is 11.2. The van der Waals surface area contributed by atoms with Gasteiger partial charge < -0.3 is 28.4 Å². The molecule has 0 aliphatic rings. The van der Waals surface area contributed by atoms with Gasteiger partial charge in [0.15, 0.2) is 0 Å². The summed E-state index contributed by atoms with van der Waals surface area (Å²) >= 11 is 0. The van der Waals surface area contributed by atoms with Crippen LogP contribution in [0.3, 0.4) is 0 Å². The van der Waals surface area contributed by atoms with Crippen LogP contribution >= 0.6 is 0 Å². The van der Waals surface area contributed by atoms with E-state index in [0.717, 1.165) is 134 Å². The summed E-state index contributed by atoms with van der Waals surface area (Å²) in [5.74, 6) is 0. The Labute approximate surface area is 660 Å². The predicted octanol–water partition coefficient (Wildman–Crippen LogP) is 29.8. The zero-order chi connectivity index (χ0) is 75.2. The molecule has 22 rings (SSSR count). The van der Waals surface area contributed by atoms with E-state index in [2.05, 4.69) is 465 Å². The Morgan fingerprint density at radius 3 is 0.553 bits per heavy atom. The largest absolute Gasteiger partial charge is 0.310 e. The van der Waals surface area contributed by atoms with Gasteiger partial charge in [-0.3, -0.25) is 0 Å². The van der Waals surface area contributed by atoms with E-state index in [1.807, 2.05) is 0 Å². The number of hydrogen-bond acceptors (Lipinski definition) is 3. The molecule has 534 valence electrons. The number of anilines is 9. The first-order valence-corrected chi connectivity index (χ1v) is 39.1. The number of para-hydroxylation sites is 6. The average Bonchev–Trinajstić information content (AvgIpc) is 1.16. The molecule has 0 saturated heterocycles. The highest BCUT2D eigenvalue weighted by Gasteiger charge is 2.27. The Kier molecular flexibility index (Phi) is 15.8. The Morgan fingerprint density at radius 2 is 0.325 bits per heavy atom. The molecule has 0 saturated carbocycles. The van der Waals surface area contributed by atoms with Crippen LogP contribution in [0.25, 0.3) is 148 Å². The molecular weight excluding hydrogens is 1380 g/mol. The molecule has 0 unspecified atom stereocenters. The third-order valence-electron chi connectivity index (χ3n) is 23.2. The smallest absolute Gasteiger partial charge is 0.0541 e. The van der Waals surface area contributed by atoms with Gasteiger partial charge in [0.05, 0.1) is 67.2 Å². The number of nitrogens with zero attached hydrogens (tertiary/aromatic N) is 6. The average molecular weight is 1450 g/mol. The second-order valence-corrected chi connectivity index (χ2v) is 29.6. The molecule has 0 aliphatic carbocycles. The van der Waals surface area contributed by atoms with Crippen molar-refractivity contribution < 1.29 is 0 Å². The molecule has 0 fully saturated rings. The lowest BCUT2D eigenvalue weighted by molar-refractivity contribution is 1.18. The minimum Gasteiger partial charge on any atom is -0.310 e. The van der Waals surface area contributed by atoms with Crippen LogP contribution in [0.15, 0.2) is 437 Å². The molecule has 3 heterocycles. The minimum atomic E-state index is 0.970. The highest BCUT2D eigenvalue weighted by Crippen LogP contribution is 2.51. The van der Waals surface area contributed by atoms with Crippen molar-refractivity contribution in [2.24, 2.45) is 0 Å². The first-order valence-electron chi connectivity index (χ1n) is 39.1. The SMILES string of the molecule is c1ccc2c(N(c3ccc(-c4ccc(-n5c6ccccc6c6ccccc65)cc4)cc3)c3cc(N(c4ccc(-c5ccc(-n6c7ccccc7c7ccccc76)cc5)cc4)c4cccc5ccccc45)cc(N(c4ccc(-c5ccc(-n6c7ccccc7c7ccccc76)cc5)cc4)c4cccc5ccccc45)c3)cccc2c1. The lowest BCUT2D eigenvalue weighted by Crippen LogP contribution is -2.17. The lowest BCUT2D eigenvalue weighted by Gasteiger charge is -2.34. The Morgan fingerprint density at radius 1 is 0.140 bits per heavy atom. The Bertz CT molecular complexity index is 6560. The fourth-order valence-electron chi connectivity index (χ4n) is 17.9. The first kappa shape index (κ1) is 65.8. The van der Waals surface area contributed by atoms with Crippen LogP contribution in [-0.4, -0.2) is 13.7 Å². The number of hydrogen-bond donors (Lipinski definition) is 0. The van der Waals surface area contributed by atoms with E-state index in [1.54, 1.807) is 0 Å². The summed E-state index contributed by atoms with van der Waals surface area (Å²) in [4.78, 5) is 7.43. The molecule has 22 aromatic rings. The van der Waals surface area contributed by atoms with Crippen molar-refractivity contribution in [2.75, 3.05) is 14.7 Å². The molecule has 0 N–H and O–H groups in total. The predicted molar refractivity (Wildman–Crippen MR) is 482 cm³/mol. The van der Waals surface area contributed by atoms with Gasteiger partial charge in [-0.15, -0.1) is 0 Å². The van der Waals surface area contributed by atoms with E-state index in [1.165, 1.54) is 65.4 Å². The maximum atomic E-state index is 2.48. The molecule has 0 atom stereocenters. The van der Waals surface area contributed by atoms with Crippen molar-refractivity contribution in [3.05, 3.63) is 437 Å². The van der Waals surface area contributed by atoms with Gasteiger partial charge in [0.1, 0.15) is 0 Å². The zero-order valence-electron chi connectivity index (χ0n) is 62.3. The van der Waals surface area contributed by atoms with E-state index >= 15 is 0 Å². The first-order chi connectivity index (χ1) is 56.5. The minimum absolute atomic E-state index is 0.970. The molecule has 0 radical (unpaired) electrons. The van der Waals surface area contributed by atoms with Gasteiger partial charge >= 0.3 is 0 Å². The van der Waals surface area contributed by atoms with Crippen LogP contribution < -0.4 is 14.7 Å². The normalized spacial score (nSPS) is 11.7. The van der Waals surface area contributed by atoms with E-state index in [4.69, 9.17) is 0 Å². The summed E-state index contributed by atoms with van der Waals surface area (Å²) in [6.07, 6.45) is 0. The van der Waals surface area contributed by atoms with Crippen molar-refractivity contribution >= 4 is 149 Å². The molecule has 6 nitrogen and oxygen atoms in total. The van der Waals surface area contributed by atoms with Crippen molar-refractivity contribution in [1.29, 1.82) is 0 Å². The highest BCUT2D eigenvalue weighted by atomic mass is 15.2. The standard InChI is InChI=1S/C108H72N6/c1-4-28-91-79(22-1)25-19-43-100(91)109(82-58-46-73(47-59-82)76-52-64-85(65-53-76)112-103-37-13-7-31-94(103)95-32-8-14-38-104(95)112)88-70-89(110(101-44-20-26-80-23-2-5-29-92(80)101)83-60-48-74(49-61-83)77-54-66-86(67-55-77)113-105-39-15-9-33-96(105)97-34-10-16-40-106(97)113)72-90(71-88)111(102-45-21-27-81-24-3-6-30-93(81)102)84-62-50-75(51-63-84)78-56-68-87(69-57-78)114-107-41-17-11-35-98(107)99-36-12-18-42-108(99)114/h1-72H. The van der Waals surface area contributed by atoms with Crippen LogP contribution in [0.2, 0.25) is 0 Å². The van der Waals surface area contributed by atoms with Gasteiger partial charge in [0.25, 0.3) is 0 Å². The van der Waals surface area contributed by atoms with Crippen molar-refractivity contribution in [3.8, 4) is 50.4 Å². The van der Waals surface area contributed by atoms with Gasteiger partial charge in [0.2, 0.25) is 0 Å². The fourth-order valence-corrected chi connectivity index (χ4v) is 17.9. The Balaban J connectivity index is 0.724.